The first-order valence-electron chi connectivity index (χ1n) is 6.27. The molecule has 0 aromatic carbocycles. The van der Waals surface area contributed by atoms with E-state index < -0.39 is 0 Å². The van der Waals surface area contributed by atoms with Gasteiger partial charge in [0.2, 0.25) is 5.89 Å². The van der Waals surface area contributed by atoms with Crippen LogP contribution in [0.25, 0.3) is 0 Å². The summed E-state index contributed by atoms with van der Waals surface area (Å²) in [7, 11) is 0. The lowest BCUT2D eigenvalue weighted by Gasteiger charge is -2.34. The lowest BCUT2D eigenvalue weighted by Crippen LogP contribution is -2.43. The van der Waals surface area contributed by atoms with Crippen LogP contribution in [0.1, 0.15) is 56.4 Å². The molecule has 1 heterocycles. The second-order valence-electron chi connectivity index (χ2n) is 5.22. The van der Waals surface area contributed by atoms with Crippen molar-refractivity contribution in [3.63, 3.8) is 0 Å². The molecule has 1 saturated carbocycles. The highest BCUT2D eigenvalue weighted by Gasteiger charge is 2.26. The Morgan fingerprint density at radius 2 is 1.94 bits per heavy atom. The fourth-order valence-electron chi connectivity index (χ4n) is 2.41. The number of oxazole rings is 1. The predicted octanol–water partition coefficient (Wildman–Crippen LogP) is 3.10. The summed E-state index contributed by atoms with van der Waals surface area (Å²) >= 11 is 0. The van der Waals surface area contributed by atoms with E-state index in [1.54, 1.807) is 0 Å². The Labute approximate surface area is 97.6 Å². The van der Waals surface area contributed by atoms with E-state index in [2.05, 4.69) is 17.2 Å². The van der Waals surface area contributed by atoms with Gasteiger partial charge >= 0.3 is 0 Å². The molecule has 0 unspecified atom stereocenters. The van der Waals surface area contributed by atoms with Crippen LogP contribution in [0.2, 0.25) is 0 Å². The van der Waals surface area contributed by atoms with E-state index in [4.69, 9.17) is 4.42 Å². The third kappa shape index (κ3) is 2.64. The van der Waals surface area contributed by atoms with Gasteiger partial charge < -0.3 is 9.73 Å². The summed E-state index contributed by atoms with van der Waals surface area (Å²) < 4.78 is 5.58. The van der Waals surface area contributed by atoms with Gasteiger partial charge in [0.25, 0.3) is 0 Å². The lowest BCUT2D eigenvalue weighted by atomic mass is 9.83. The molecular weight excluding hydrogens is 200 g/mol. The van der Waals surface area contributed by atoms with Crippen molar-refractivity contribution < 1.29 is 4.42 Å². The summed E-state index contributed by atoms with van der Waals surface area (Å²) in [6.45, 7) is 7.03. The molecule has 16 heavy (non-hydrogen) atoms. The molecule has 90 valence electrons. The number of rotatable bonds is 3. The highest BCUT2D eigenvalue weighted by molar-refractivity contribution is 5.05. The molecule has 0 spiro atoms. The Morgan fingerprint density at radius 1 is 1.25 bits per heavy atom. The Balaban J connectivity index is 1.91. The van der Waals surface area contributed by atoms with Crippen LogP contribution in [0.5, 0.6) is 0 Å². The second-order valence-corrected chi connectivity index (χ2v) is 5.22. The third-order valence-electron chi connectivity index (χ3n) is 3.70. The van der Waals surface area contributed by atoms with Gasteiger partial charge in [0.05, 0.1) is 12.2 Å². The third-order valence-corrected chi connectivity index (χ3v) is 3.70. The van der Waals surface area contributed by atoms with E-state index in [1.807, 2.05) is 13.8 Å². The van der Waals surface area contributed by atoms with Crippen LogP contribution in [0.15, 0.2) is 4.42 Å². The topological polar surface area (TPSA) is 38.1 Å². The van der Waals surface area contributed by atoms with E-state index >= 15 is 0 Å². The van der Waals surface area contributed by atoms with Crippen molar-refractivity contribution in [3.05, 3.63) is 17.3 Å². The van der Waals surface area contributed by atoms with Crippen LogP contribution in [0.4, 0.5) is 0 Å². The normalized spacial score (nSPS) is 19.9. The molecule has 1 aliphatic rings. The molecule has 3 heteroatoms. The summed E-state index contributed by atoms with van der Waals surface area (Å²) in [5.41, 5.74) is 1.29. The first-order chi connectivity index (χ1) is 7.59. The average molecular weight is 222 g/mol. The fraction of sp³-hybridized carbons (Fsp3) is 0.769. The van der Waals surface area contributed by atoms with E-state index in [0.29, 0.717) is 0 Å². The van der Waals surface area contributed by atoms with Gasteiger partial charge in [-0.3, -0.25) is 0 Å². The molecule has 0 bridgehead atoms. The maximum absolute atomic E-state index is 5.58. The summed E-state index contributed by atoms with van der Waals surface area (Å²) in [6, 6.07) is 0. The molecule has 3 nitrogen and oxygen atoms in total. The van der Waals surface area contributed by atoms with Gasteiger partial charge in [0, 0.05) is 5.54 Å². The maximum Gasteiger partial charge on any atom is 0.208 e. The fourth-order valence-corrected chi connectivity index (χ4v) is 2.41. The minimum absolute atomic E-state index is 0.286. The number of aryl methyl sites for hydroxylation is 2. The van der Waals surface area contributed by atoms with Crippen LogP contribution in [0, 0.1) is 13.8 Å². The number of nitrogens with one attached hydrogen (secondary N) is 1. The predicted molar refractivity (Wildman–Crippen MR) is 64.3 cm³/mol. The van der Waals surface area contributed by atoms with Crippen molar-refractivity contribution >= 4 is 0 Å². The van der Waals surface area contributed by atoms with E-state index in [9.17, 15) is 0 Å². The van der Waals surface area contributed by atoms with E-state index in [0.717, 1.165) is 23.9 Å². The van der Waals surface area contributed by atoms with Crippen LogP contribution >= 0.6 is 0 Å². The van der Waals surface area contributed by atoms with E-state index in [1.165, 1.54) is 32.1 Å². The van der Waals surface area contributed by atoms with Gasteiger partial charge in [-0.05, 0) is 33.6 Å². The minimum Gasteiger partial charge on any atom is -0.444 e. The smallest absolute Gasteiger partial charge is 0.208 e. The molecule has 1 N–H and O–H groups in total. The molecule has 1 fully saturated rings. The van der Waals surface area contributed by atoms with Crippen molar-refractivity contribution in [3.8, 4) is 0 Å². The first kappa shape index (κ1) is 11.6. The highest BCUT2D eigenvalue weighted by atomic mass is 16.4. The standard InChI is InChI=1S/C13H22N2O/c1-10-11(2)16-12(15-10)9-14-13(3)7-5-4-6-8-13/h14H,4-9H2,1-3H3. The summed E-state index contributed by atoms with van der Waals surface area (Å²) in [6.07, 6.45) is 6.60. The van der Waals surface area contributed by atoms with Crippen LogP contribution < -0.4 is 5.32 Å². The average Bonchev–Trinajstić information content (AvgIpc) is 2.57. The largest absolute Gasteiger partial charge is 0.444 e. The van der Waals surface area contributed by atoms with Gasteiger partial charge in [-0.25, -0.2) is 4.98 Å². The van der Waals surface area contributed by atoms with Gasteiger partial charge in [-0.2, -0.15) is 0 Å². The summed E-state index contributed by atoms with van der Waals surface area (Å²) in [5, 5.41) is 3.60. The lowest BCUT2D eigenvalue weighted by molar-refractivity contribution is 0.243. The number of hydrogen-bond donors (Lipinski definition) is 1. The number of hydrogen-bond acceptors (Lipinski definition) is 3. The van der Waals surface area contributed by atoms with Crippen molar-refractivity contribution in [2.75, 3.05) is 0 Å². The molecule has 2 rings (SSSR count). The molecule has 0 atom stereocenters. The Kier molecular flexibility index (Phi) is 3.33. The van der Waals surface area contributed by atoms with Gasteiger partial charge in [0.15, 0.2) is 0 Å². The molecule has 0 saturated heterocycles. The molecule has 1 aromatic rings. The van der Waals surface area contributed by atoms with Crippen LogP contribution in [-0.4, -0.2) is 10.5 Å². The SMILES string of the molecule is Cc1nc(CNC2(C)CCCCC2)oc1C. The van der Waals surface area contributed by atoms with Crippen LogP contribution in [0.3, 0.4) is 0 Å². The van der Waals surface area contributed by atoms with Crippen molar-refractivity contribution in [1.29, 1.82) is 0 Å². The quantitative estimate of drug-likeness (QED) is 0.854. The molecule has 1 aliphatic carbocycles. The van der Waals surface area contributed by atoms with E-state index in [-0.39, 0.29) is 5.54 Å². The zero-order valence-corrected chi connectivity index (χ0v) is 10.6. The maximum atomic E-state index is 5.58. The van der Waals surface area contributed by atoms with Gasteiger partial charge in [-0.15, -0.1) is 0 Å². The number of aromatic nitrogens is 1. The summed E-state index contributed by atoms with van der Waals surface area (Å²) in [4.78, 5) is 4.40. The second kappa shape index (κ2) is 4.58. The number of nitrogens with zero attached hydrogens (tertiary/aromatic N) is 1. The molecule has 0 aliphatic heterocycles. The monoisotopic (exact) mass is 222 g/mol. The molecular formula is C13H22N2O. The van der Waals surface area contributed by atoms with Crippen LogP contribution in [-0.2, 0) is 6.54 Å². The Hall–Kier alpha value is -0.830. The summed E-state index contributed by atoms with van der Waals surface area (Å²) in [5.74, 6) is 1.76. The van der Waals surface area contributed by atoms with Crippen molar-refractivity contribution in [2.45, 2.75) is 65.0 Å². The Bertz CT molecular complexity index is 331. The molecule has 0 amide bonds. The van der Waals surface area contributed by atoms with Gasteiger partial charge in [0.1, 0.15) is 5.76 Å². The van der Waals surface area contributed by atoms with Gasteiger partial charge in [-0.1, -0.05) is 19.3 Å². The Morgan fingerprint density at radius 3 is 2.50 bits per heavy atom. The molecule has 0 radical (unpaired) electrons. The zero-order valence-electron chi connectivity index (χ0n) is 10.6. The molecule has 1 aromatic heterocycles. The van der Waals surface area contributed by atoms with Crippen molar-refractivity contribution in [1.82, 2.24) is 10.3 Å². The first-order valence-corrected chi connectivity index (χ1v) is 6.27. The zero-order chi connectivity index (χ0) is 11.6. The highest BCUT2D eigenvalue weighted by Crippen LogP contribution is 2.27. The minimum atomic E-state index is 0.286. The van der Waals surface area contributed by atoms with Crippen molar-refractivity contribution in [2.24, 2.45) is 0 Å².